The Morgan fingerprint density at radius 2 is 2.07 bits per heavy atom. The summed E-state index contributed by atoms with van der Waals surface area (Å²) in [6.45, 7) is 2.02. The molecular formula is C19H17ClFN3O4. The molecule has 1 N–H and O–H groups in total. The Balaban J connectivity index is 1.75. The Morgan fingerprint density at radius 1 is 1.25 bits per heavy atom. The Hall–Kier alpha value is -3.13. The van der Waals surface area contributed by atoms with Crippen LogP contribution in [-0.4, -0.2) is 36.3 Å². The number of nitrogens with zero attached hydrogens (tertiary/aromatic N) is 2. The number of carbonyl (C=O) groups excluding carboxylic acids is 2. The van der Waals surface area contributed by atoms with Crippen molar-refractivity contribution in [3.05, 3.63) is 58.4 Å². The second kappa shape index (κ2) is 8.71. The summed E-state index contributed by atoms with van der Waals surface area (Å²) in [6, 6.07) is 8.86. The molecule has 9 heteroatoms. The Morgan fingerprint density at radius 3 is 2.75 bits per heavy atom. The zero-order chi connectivity index (χ0) is 20.1. The van der Waals surface area contributed by atoms with Crippen LogP contribution in [0.1, 0.15) is 18.1 Å². The molecule has 3 amide bonds. The lowest BCUT2D eigenvalue weighted by Crippen LogP contribution is -2.24. The number of nitrogens with one attached hydrogen (secondary N) is 1. The zero-order valence-electron chi connectivity index (χ0n) is 14.9. The van der Waals surface area contributed by atoms with E-state index >= 15 is 0 Å². The number of hydrazone groups is 1. The van der Waals surface area contributed by atoms with E-state index in [1.165, 1.54) is 18.3 Å². The number of ether oxygens (including phenoxy) is 2. The second-order valence-corrected chi connectivity index (χ2v) is 6.19. The van der Waals surface area contributed by atoms with Gasteiger partial charge in [-0.05, 0) is 42.8 Å². The van der Waals surface area contributed by atoms with Crippen molar-refractivity contribution in [2.75, 3.05) is 13.2 Å². The van der Waals surface area contributed by atoms with Crippen molar-refractivity contribution in [2.24, 2.45) is 5.10 Å². The van der Waals surface area contributed by atoms with Crippen molar-refractivity contribution >= 4 is 29.8 Å². The van der Waals surface area contributed by atoms with Crippen LogP contribution >= 0.6 is 11.6 Å². The van der Waals surface area contributed by atoms with E-state index in [1.54, 1.807) is 24.3 Å². The van der Waals surface area contributed by atoms with Gasteiger partial charge in [-0.2, -0.15) is 5.10 Å². The lowest BCUT2D eigenvalue weighted by Gasteiger charge is -2.14. The fraction of sp³-hybridized carbons (Fsp3) is 0.211. The SMILES string of the molecule is CCOc1cc(/C=N\N2CC(=O)NC2=O)ccc1OCc1c(F)cccc1Cl. The van der Waals surface area contributed by atoms with Crippen molar-refractivity contribution in [2.45, 2.75) is 13.5 Å². The first kappa shape index (κ1) is 19.6. The Bertz CT molecular complexity index is 915. The van der Waals surface area contributed by atoms with Crippen LogP contribution in [-0.2, 0) is 11.4 Å². The van der Waals surface area contributed by atoms with E-state index in [-0.39, 0.29) is 23.7 Å². The van der Waals surface area contributed by atoms with Crippen LogP contribution in [0.5, 0.6) is 11.5 Å². The van der Waals surface area contributed by atoms with Gasteiger partial charge >= 0.3 is 6.03 Å². The Kier molecular flexibility index (Phi) is 6.10. The summed E-state index contributed by atoms with van der Waals surface area (Å²) in [6.07, 6.45) is 1.43. The highest BCUT2D eigenvalue weighted by atomic mass is 35.5. The van der Waals surface area contributed by atoms with Gasteiger partial charge in [0.1, 0.15) is 19.0 Å². The van der Waals surface area contributed by atoms with E-state index in [1.807, 2.05) is 6.92 Å². The predicted molar refractivity (Wildman–Crippen MR) is 101 cm³/mol. The summed E-state index contributed by atoms with van der Waals surface area (Å²) in [5, 5.41) is 7.42. The molecule has 1 aliphatic rings. The van der Waals surface area contributed by atoms with Crippen LogP contribution in [0.2, 0.25) is 5.02 Å². The molecule has 7 nitrogen and oxygen atoms in total. The molecule has 2 aromatic carbocycles. The topological polar surface area (TPSA) is 80.2 Å². The quantitative estimate of drug-likeness (QED) is 0.566. The summed E-state index contributed by atoms with van der Waals surface area (Å²) >= 11 is 6.02. The van der Waals surface area contributed by atoms with Gasteiger partial charge in [-0.25, -0.2) is 14.2 Å². The van der Waals surface area contributed by atoms with Gasteiger partial charge in [-0.3, -0.25) is 10.1 Å². The molecule has 0 aromatic heterocycles. The molecule has 3 rings (SSSR count). The maximum absolute atomic E-state index is 13.9. The molecule has 0 aliphatic carbocycles. The van der Waals surface area contributed by atoms with Gasteiger partial charge in [0.2, 0.25) is 5.91 Å². The fourth-order valence-electron chi connectivity index (χ4n) is 2.47. The lowest BCUT2D eigenvalue weighted by atomic mass is 10.2. The number of benzene rings is 2. The minimum absolute atomic E-state index is 0.0604. The van der Waals surface area contributed by atoms with Gasteiger partial charge in [0.15, 0.2) is 11.5 Å². The first-order valence-corrected chi connectivity index (χ1v) is 8.83. The summed E-state index contributed by atoms with van der Waals surface area (Å²) < 4.78 is 25.2. The number of rotatable bonds is 7. The number of halogens is 2. The largest absolute Gasteiger partial charge is 0.490 e. The molecular weight excluding hydrogens is 389 g/mol. The predicted octanol–water partition coefficient (Wildman–Crippen LogP) is 3.34. The van der Waals surface area contributed by atoms with Crippen molar-refractivity contribution in [3.8, 4) is 11.5 Å². The van der Waals surface area contributed by atoms with Crippen molar-refractivity contribution in [3.63, 3.8) is 0 Å². The average molecular weight is 406 g/mol. The molecule has 0 radical (unpaired) electrons. The second-order valence-electron chi connectivity index (χ2n) is 5.78. The normalized spacial score (nSPS) is 13.9. The summed E-state index contributed by atoms with van der Waals surface area (Å²) in [4.78, 5) is 22.7. The standard InChI is InChI=1S/C19H17ClFN3O4/c1-2-27-17-8-12(9-22-24-10-18(25)23-19(24)26)6-7-16(17)28-11-13-14(20)4-3-5-15(13)21/h3-9H,2,10-11H2,1H3,(H,23,25,26)/b22-9-. The van der Waals surface area contributed by atoms with Crippen LogP contribution in [0, 0.1) is 5.82 Å². The average Bonchev–Trinajstić information content (AvgIpc) is 2.98. The van der Waals surface area contributed by atoms with Gasteiger partial charge in [0, 0.05) is 5.56 Å². The van der Waals surface area contributed by atoms with Gasteiger partial charge in [-0.15, -0.1) is 0 Å². The summed E-state index contributed by atoms with van der Waals surface area (Å²) in [5.74, 6) is -0.0198. The maximum atomic E-state index is 13.9. The molecule has 0 spiro atoms. The smallest absolute Gasteiger partial charge is 0.344 e. The molecule has 0 saturated carbocycles. The molecule has 0 bridgehead atoms. The maximum Gasteiger partial charge on any atom is 0.344 e. The molecule has 2 aromatic rings. The van der Waals surface area contributed by atoms with Crippen LogP contribution in [0.4, 0.5) is 9.18 Å². The first-order valence-electron chi connectivity index (χ1n) is 8.45. The lowest BCUT2D eigenvalue weighted by molar-refractivity contribution is -0.118. The number of hydrogen-bond acceptors (Lipinski definition) is 5. The van der Waals surface area contributed by atoms with Crippen LogP contribution in [0.3, 0.4) is 0 Å². The van der Waals surface area contributed by atoms with Gasteiger partial charge in [0.05, 0.1) is 17.8 Å². The van der Waals surface area contributed by atoms with Gasteiger partial charge < -0.3 is 9.47 Å². The fourth-order valence-corrected chi connectivity index (χ4v) is 2.69. The first-order chi connectivity index (χ1) is 13.5. The van der Waals surface area contributed by atoms with Gasteiger partial charge in [-0.1, -0.05) is 17.7 Å². The van der Waals surface area contributed by atoms with E-state index in [0.717, 1.165) is 5.01 Å². The van der Waals surface area contributed by atoms with Crippen LogP contribution < -0.4 is 14.8 Å². The van der Waals surface area contributed by atoms with E-state index < -0.39 is 17.8 Å². The molecule has 1 fully saturated rings. The van der Waals surface area contributed by atoms with E-state index in [2.05, 4.69) is 10.4 Å². The molecule has 0 unspecified atom stereocenters. The van der Waals surface area contributed by atoms with Crippen molar-refractivity contribution < 1.29 is 23.5 Å². The minimum atomic E-state index is -0.576. The third kappa shape index (κ3) is 4.58. The highest BCUT2D eigenvalue weighted by Gasteiger charge is 2.25. The van der Waals surface area contributed by atoms with E-state index in [4.69, 9.17) is 21.1 Å². The molecule has 28 heavy (non-hydrogen) atoms. The number of amides is 3. The van der Waals surface area contributed by atoms with Gasteiger partial charge in [0.25, 0.3) is 0 Å². The van der Waals surface area contributed by atoms with Crippen LogP contribution in [0.15, 0.2) is 41.5 Å². The minimum Gasteiger partial charge on any atom is -0.490 e. The zero-order valence-corrected chi connectivity index (χ0v) is 15.7. The highest BCUT2D eigenvalue weighted by molar-refractivity contribution is 6.31. The number of carbonyl (C=O) groups is 2. The highest BCUT2D eigenvalue weighted by Crippen LogP contribution is 2.30. The van der Waals surface area contributed by atoms with E-state index in [9.17, 15) is 14.0 Å². The monoisotopic (exact) mass is 405 g/mol. The third-order valence-electron chi connectivity index (χ3n) is 3.82. The van der Waals surface area contributed by atoms with Crippen molar-refractivity contribution in [1.29, 1.82) is 0 Å². The van der Waals surface area contributed by atoms with Crippen LogP contribution in [0.25, 0.3) is 0 Å². The summed E-state index contributed by atoms with van der Waals surface area (Å²) in [5.41, 5.74) is 0.883. The molecule has 146 valence electrons. The summed E-state index contributed by atoms with van der Waals surface area (Å²) in [7, 11) is 0. The van der Waals surface area contributed by atoms with Crippen molar-refractivity contribution in [1.82, 2.24) is 10.3 Å². The third-order valence-corrected chi connectivity index (χ3v) is 4.18. The molecule has 0 atom stereocenters. The van der Waals surface area contributed by atoms with E-state index in [0.29, 0.717) is 23.7 Å². The molecule has 1 aliphatic heterocycles. The number of imide groups is 1. The number of urea groups is 1. The Labute approximate surface area is 165 Å². The molecule has 1 saturated heterocycles. The number of hydrogen-bond donors (Lipinski definition) is 1. The molecule has 1 heterocycles.